The molecule has 1 aliphatic heterocycles. The van der Waals surface area contributed by atoms with E-state index in [0.29, 0.717) is 18.3 Å². The maximum Gasteiger partial charge on any atom is 0.256 e. The number of amides is 1. The molecule has 7 heteroatoms. The Balaban J connectivity index is 0.00000161. The summed E-state index contributed by atoms with van der Waals surface area (Å²) in [4.78, 5) is 17.3. The first-order chi connectivity index (χ1) is 9.83. The van der Waals surface area contributed by atoms with E-state index < -0.39 is 6.10 Å². The van der Waals surface area contributed by atoms with Gasteiger partial charge in [0.25, 0.3) is 5.91 Å². The van der Waals surface area contributed by atoms with Gasteiger partial charge in [0.2, 0.25) is 0 Å². The highest BCUT2D eigenvalue weighted by Crippen LogP contribution is 2.28. The number of aromatic nitrogens is 1. The summed E-state index contributed by atoms with van der Waals surface area (Å²) in [7, 11) is 0. The molecule has 0 saturated carbocycles. The third-order valence-corrected chi connectivity index (χ3v) is 3.98. The zero-order valence-corrected chi connectivity index (χ0v) is 12.9. The summed E-state index contributed by atoms with van der Waals surface area (Å²) in [6.07, 6.45) is 1.34. The van der Waals surface area contributed by atoms with E-state index in [1.165, 1.54) is 11.3 Å². The van der Waals surface area contributed by atoms with Gasteiger partial charge in [0, 0.05) is 19.3 Å². The van der Waals surface area contributed by atoms with Crippen molar-refractivity contribution in [3.63, 3.8) is 0 Å². The van der Waals surface area contributed by atoms with Gasteiger partial charge in [-0.25, -0.2) is 4.98 Å². The number of anilines is 1. The minimum absolute atomic E-state index is 0. The van der Waals surface area contributed by atoms with Crippen molar-refractivity contribution in [2.75, 3.05) is 25.0 Å². The normalized spacial score (nSPS) is 17.8. The minimum atomic E-state index is -0.437. The van der Waals surface area contributed by atoms with Crippen LogP contribution in [-0.2, 0) is 9.53 Å². The number of hydrogen-bond donors (Lipinski definition) is 2. The van der Waals surface area contributed by atoms with E-state index in [2.05, 4.69) is 15.6 Å². The molecule has 1 unspecified atom stereocenters. The highest BCUT2D eigenvalue weighted by Gasteiger charge is 2.22. The SMILES string of the molecule is Cl.O=C(Nc1ncc(-c2ccccc2)s1)C1CNCCO1. The predicted molar refractivity (Wildman–Crippen MR) is 86.0 cm³/mol. The molecule has 2 heterocycles. The molecule has 0 bridgehead atoms. The molecular weight excluding hydrogens is 310 g/mol. The Labute approximate surface area is 133 Å². The Kier molecular flexibility index (Phi) is 5.69. The van der Waals surface area contributed by atoms with E-state index in [1.807, 2.05) is 30.3 Å². The third kappa shape index (κ3) is 4.01. The number of hydrogen-bond acceptors (Lipinski definition) is 5. The quantitative estimate of drug-likeness (QED) is 0.907. The number of nitrogens with zero attached hydrogens (tertiary/aromatic N) is 1. The van der Waals surface area contributed by atoms with Gasteiger partial charge in [-0.1, -0.05) is 41.7 Å². The van der Waals surface area contributed by atoms with Crippen LogP contribution in [0.1, 0.15) is 0 Å². The second-order valence-electron chi connectivity index (χ2n) is 4.45. The Bertz CT molecular complexity index is 585. The molecule has 2 aromatic rings. The van der Waals surface area contributed by atoms with Crippen molar-refractivity contribution >= 4 is 34.8 Å². The maximum atomic E-state index is 12.0. The number of ether oxygens (including phenoxy) is 1. The van der Waals surface area contributed by atoms with Crippen molar-refractivity contribution in [1.29, 1.82) is 0 Å². The Morgan fingerprint density at radius 1 is 1.38 bits per heavy atom. The molecule has 1 saturated heterocycles. The predicted octanol–water partition coefficient (Wildman–Crippen LogP) is 2.16. The molecular formula is C14H16ClN3O2S. The summed E-state index contributed by atoms with van der Waals surface area (Å²) in [6, 6.07) is 9.98. The zero-order valence-electron chi connectivity index (χ0n) is 11.2. The van der Waals surface area contributed by atoms with Gasteiger partial charge in [0.15, 0.2) is 5.13 Å². The van der Waals surface area contributed by atoms with Crippen LogP contribution < -0.4 is 10.6 Å². The average molecular weight is 326 g/mol. The standard InChI is InChI=1S/C14H15N3O2S.ClH/c18-13(11-8-15-6-7-19-11)17-14-16-9-12(20-14)10-4-2-1-3-5-10;/h1-5,9,11,15H,6-8H2,(H,16,17,18);1H. The number of nitrogens with one attached hydrogen (secondary N) is 2. The van der Waals surface area contributed by atoms with Crippen LogP contribution in [0.2, 0.25) is 0 Å². The first-order valence-electron chi connectivity index (χ1n) is 6.47. The van der Waals surface area contributed by atoms with Crippen molar-refractivity contribution < 1.29 is 9.53 Å². The van der Waals surface area contributed by atoms with Crippen LogP contribution in [0, 0.1) is 0 Å². The molecule has 1 amide bonds. The molecule has 0 aliphatic carbocycles. The summed E-state index contributed by atoms with van der Waals surface area (Å²) in [5.41, 5.74) is 1.10. The molecule has 1 aliphatic rings. The smallest absolute Gasteiger partial charge is 0.256 e. The van der Waals surface area contributed by atoms with Crippen LogP contribution in [0.4, 0.5) is 5.13 Å². The van der Waals surface area contributed by atoms with Gasteiger partial charge >= 0.3 is 0 Å². The molecule has 3 rings (SSSR count). The van der Waals surface area contributed by atoms with E-state index in [-0.39, 0.29) is 18.3 Å². The molecule has 1 aromatic heterocycles. The van der Waals surface area contributed by atoms with Gasteiger partial charge in [-0.2, -0.15) is 0 Å². The summed E-state index contributed by atoms with van der Waals surface area (Å²) >= 11 is 1.46. The van der Waals surface area contributed by atoms with E-state index in [9.17, 15) is 4.79 Å². The topological polar surface area (TPSA) is 63.2 Å². The summed E-state index contributed by atoms with van der Waals surface area (Å²) in [5.74, 6) is -0.147. The number of carbonyl (C=O) groups excluding carboxylic acids is 1. The molecule has 5 nitrogen and oxygen atoms in total. The Morgan fingerprint density at radius 2 is 2.19 bits per heavy atom. The molecule has 112 valence electrons. The molecule has 21 heavy (non-hydrogen) atoms. The van der Waals surface area contributed by atoms with E-state index >= 15 is 0 Å². The lowest BCUT2D eigenvalue weighted by atomic mass is 10.2. The maximum absolute atomic E-state index is 12.0. The first-order valence-corrected chi connectivity index (χ1v) is 7.29. The number of rotatable bonds is 3. The Hall–Kier alpha value is -1.47. The van der Waals surface area contributed by atoms with Gasteiger partial charge in [0.1, 0.15) is 6.10 Å². The average Bonchev–Trinajstić information content (AvgIpc) is 2.97. The van der Waals surface area contributed by atoms with Crippen molar-refractivity contribution in [3.05, 3.63) is 36.5 Å². The van der Waals surface area contributed by atoms with Gasteiger partial charge in [0.05, 0.1) is 11.5 Å². The van der Waals surface area contributed by atoms with Crippen molar-refractivity contribution in [2.45, 2.75) is 6.10 Å². The van der Waals surface area contributed by atoms with Crippen LogP contribution in [-0.4, -0.2) is 36.7 Å². The van der Waals surface area contributed by atoms with E-state index in [1.54, 1.807) is 6.20 Å². The summed E-state index contributed by atoms with van der Waals surface area (Å²) < 4.78 is 5.41. The van der Waals surface area contributed by atoms with Crippen molar-refractivity contribution in [3.8, 4) is 10.4 Å². The highest BCUT2D eigenvalue weighted by molar-refractivity contribution is 7.19. The number of carbonyl (C=O) groups is 1. The fraction of sp³-hybridized carbons (Fsp3) is 0.286. The van der Waals surface area contributed by atoms with Crippen LogP contribution in [0.3, 0.4) is 0 Å². The molecule has 1 aromatic carbocycles. The van der Waals surface area contributed by atoms with Gasteiger partial charge in [-0.3, -0.25) is 10.1 Å². The fourth-order valence-electron chi connectivity index (χ4n) is 1.99. The lowest BCUT2D eigenvalue weighted by Crippen LogP contribution is -2.45. The van der Waals surface area contributed by atoms with E-state index in [0.717, 1.165) is 17.0 Å². The van der Waals surface area contributed by atoms with Gasteiger partial charge < -0.3 is 10.1 Å². The Morgan fingerprint density at radius 3 is 2.90 bits per heavy atom. The molecule has 0 spiro atoms. The van der Waals surface area contributed by atoms with Crippen LogP contribution in [0.15, 0.2) is 36.5 Å². The number of benzene rings is 1. The van der Waals surface area contributed by atoms with Crippen molar-refractivity contribution in [2.24, 2.45) is 0 Å². The van der Waals surface area contributed by atoms with Crippen LogP contribution in [0.5, 0.6) is 0 Å². The van der Waals surface area contributed by atoms with E-state index in [4.69, 9.17) is 4.74 Å². The number of thiazole rings is 1. The molecule has 2 N–H and O–H groups in total. The summed E-state index contributed by atoms with van der Waals surface area (Å²) in [5, 5.41) is 6.54. The van der Waals surface area contributed by atoms with Gasteiger partial charge in [-0.15, -0.1) is 12.4 Å². The summed E-state index contributed by atoms with van der Waals surface area (Å²) in [6.45, 7) is 1.90. The zero-order chi connectivity index (χ0) is 13.8. The van der Waals surface area contributed by atoms with Gasteiger partial charge in [-0.05, 0) is 5.56 Å². The third-order valence-electron chi connectivity index (χ3n) is 3.01. The highest BCUT2D eigenvalue weighted by atomic mass is 35.5. The van der Waals surface area contributed by atoms with Crippen LogP contribution in [0.25, 0.3) is 10.4 Å². The second kappa shape index (κ2) is 7.51. The minimum Gasteiger partial charge on any atom is -0.366 e. The lowest BCUT2D eigenvalue weighted by Gasteiger charge is -2.22. The largest absolute Gasteiger partial charge is 0.366 e. The molecule has 0 radical (unpaired) electrons. The first kappa shape index (κ1) is 15.9. The lowest BCUT2D eigenvalue weighted by molar-refractivity contribution is -0.128. The fourth-order valence-corrected chi connectivity index (χ4v) is 2.81. The number of morpholine rings is 1. The van der Waals surface area contributed by atoms with Crippen LogP contribution >= 0.6 is 23.7 Å². The monoisotopic (exact) mass is 325 g/mol. The van der Waals surface area contributed by atoms with Crippen molar-refractivity contribution in [1.82, 2.24) is 10.3 Å². The number of halogens is 1. The molecule has 1 fully saturated rings. The molecule has 1 atom stereocenters. The second-order valence-corrected chi connectivity index (χ2v) is 5.48.